The second-order valence-electron chi connectivity index (χ2n) is 6.46. The molecule has 1 aromatic heterocycles. The molecular formula is C19H22N2O2S. The third-order valence-electron chi connectivity index (χ3n) is 4.51. The Bertz CT molecular complexity index is 777. The Morgan fingerprint density at radius 2 is 1.88 bits per heavy atom. The molecule has 2 N–H and O–H groups in total. The lowest BCUT2D eigenvalue weighted by Gasteiger charge is -2.18. The Morgan fingerprint density at radius 1 is 1.17 bits per heavy atom. The van der Waals surface area contributed by atoms with Crippen molar-refractivity contribution in [1.82, 2.24) is 5.32 Å². The summed E-state index contributed by atoms with van der Waals surface area (Å²) in [5.41, 5.74) is 3.46. The van der Waals surface area contributed by atoms with E-state index >= 15 is 0 Å². The van der Waals surface area contributed by atoms with Crippen LogP contribution in [0.25, 0.3) is 0 Å². The monoisotopic (exact) mass is 342 g/mol. The molecular weight excluding hydrogens is 320 g/mol. The summed E-state index contributed by atoms with van der Waals surface area (Å²) < 4.78 is 0. The van der Waals surface area contributed by atoms with Gasteiger partial charge in [-0.1, -0.05) is 24.6 Å². The predicted octanol–water partition coefficient (Wildman–Crippen LogP) is 3.79. The molecule has 0 saturated carbocycles. The minimum atomic E-state index is -0.174. The van der Waals surface area contributed by atoms with Crippen molar-refractivity contribution >= 4 is 28.2 Å². The summed E-state index contributed by atoms with van der Waals surface area (Å²) in [5.74, 6) is 0.322. The Hall–Kier alpha value is -2.14. The SMILES string of the molecule is CNC(=O)c1c(NC(=O)c2ccc(C)cc2)sc2c1CC[C@@H](C)C2. The predicted molar refractivity (Wildman–Crippen MR) is 98.0 cm³/mol. The Labute approximate surface area is 146 Å². The molecule has 0 saturated heterocycles. The van der Waals surface area contributed by atoms with Crippen molar-refractivity contribution < 1.29 is 9.59 Å². The van der Waals surface area contributed by atoms with Gasteiger partial charge in [0.05, 0.1) is 5.56 Å². The first-order valence-electron chi connectivity index (χ1n) is 8.24. The maximum atomic E-state index is 12.5. The van der Waals surface area contributed by atoms with Gasteiger partial charge in [-0.25, -0.2) is 0 Å². The molecule has 24 heavy (non-hydrogen) atoms. The van der Waals surface area contributed by atoms with Crippen molar-refractivity contribution in [3.8, 4) is 0 Å². The highest BCUT2D eigenvalue weighted by molar-refractivity contribution is 7.17. The number of rotatable bonds is 3. The number of fused-ring (bicyclic) bond motifs is 1. The number of benzene rings is 1. The third kappa shape index (κ3) is 3.22. The second kappa shape index (κ2) is 6.77. The summed E-state index contributed by atoms with van der Waals surface area (Å²) in [6.45, 7) is 4.21. The number of hydrogen-bond acceptors (Lipinski definition) is 3. The normalized spacial score (nSPS) is 16.4. The topological polar surface area (TPSA) is 58.2 Å². The van der Waals surface area contributed by atoms with Gasteiger partial charge in [-0.2, -0.15) is 0 Å². The molecule has 0 bridgehead atoms. The number of anilines is 1. The molecule has 1 aliphatic rings. The van der Waals surface area contributed by atoms with Crippen molar-refractivity contribution in [2.45, 2.75) is 33.1 Å². The summed E-state index contributed by atoms with van der Waals surface area (Å²) in [6.07, 6.45) is 2.96. The average Bonchev–Trinajstić information content (AvgIpc) is 2.91. The molecule has 4 nitrogen and oxygen atoms in total. The second-order valence-corrected chi connectivity index (χ2v) is 7.56. The first-order valence-corrected chi connectivity index (χ1v) is 9.06. The molecule has 126 valence electrons. The maximum Gasteiger partial charge on any atom is 0.256 e. The van der Waals surface area contributed by atoms with Crippen LogP contribution in [0.3, 0.4) is 0 Å². The highest BCUT2D eigenvalue weighted by Gasteiger charge is 2.28. The van der Waals surface area contributed by atoms with E-state index in [0.29, 0.717) is 22.0 Å². The fourth-order valence-electron chi connectivity index (χ4n) is 3.08. The van der Waals surface area contributed by atoms with Crippen molar-refractivity contribution in [3.63, 3.8) is 0 Å². The molecule has 0 radical (unpaired) electrons. The third-order valence-corrected chi connectivity index (χ3v) is 5.68. The van der Waals surface area contributed by atoms with Gasteiger partial charge in [-0.05, 0) is 49.8 Å². The molecule has 0 fully saturated rings. The number of thiophene rings is 1. The van der Waals surface area contributed by atoms with E-state index < -0.39 is 0 Å². The van der Waals surface area contributed by atoms with Crippen LogP contribution in [0.2, 0.25) is 0 Å². The zero-order chi connectivity index (χ0) is 17.3. The summed E-state index contributed by atoms with van der Waals surface area (Å²) in [5, 5.41) is 6.32. The summed E-state index contributed by atoms with van der Waals surface area (Å²) in [7, 11) is 1.63. The zero-order valence-corrected chi connectivity index (χ0v) is 15.0. The molecule has 0 aliphatic heterocycles. The van der Waals surface area contributed by atoms with Crippen LogP contribution in [0.1, 0.15) is 50.1 Å². The lowest BCUT2D eigenvalue weighted by atomic mass is 9.88. The van der Waals surface area contributed by atoms with E-state index in [1.165, 1.54) is 4.88 Å². The Kier molecular flexibility index (Phi) is 4.71. The van der Waals surface area contributed by atoms with E-state index in [-0.39, 0.29) is 11.8 Å². The van der Waals surface area contributed by atoms with Crippen LogP contribution in [0.15, 0.2) is 24.3 Å². The van der Waals surface area contributed by atoms with Gasteiger partial charge in [-0.3, -0.25) is 9.59 Å². The molecule has 2 amide bonds. The van der Waals surface area contributed by atoms with Gasteiger partial charge in [-0.15, -0.1) is 11.3 Å². The smallest absolute Gasteiger partial charge is 0.256 e. The number of carbonyl (C=O) groups is 2. The summed E-state index contributed by atoms with van der Waals surface area (Å²) in [6, 6.07) is 7.44. The Morgan fingerprint density at radius 3 is 2.54 bits per heavy atom. The lowest BCUT2D eigenvalue weighted by Crippen LogP contribution is -2.22. The number of amides is 2. The van der Waals surface area contributed by atoms with Crippen LogP contribution in [-0.2, 0) is 12.8 Å². The largest absolute Gasteiger partial charge is 0.355 e. The first-order chi connectivity index (χ1) is 11.5. The van der Waals surface area contributed by atoms with Gasteiger partial charge in [0.25, 0.3) is 11.8 Å². The molecule has 2 aromatic rings. The number of carbonyl (C=O) groups excluding carboxylic acids is 2. The lowest BCUT2D eigenvalue weighted by molar-refractivity contribution is 0.0963. The summed E-state index contributed by atoms with van der Waals surface area (Å²) >= 11 is 1.54. The minimum Gasteiger partial charge on any atom is -0.355 e. The fraction of sp³-hybridized carbons (Fsp3) is 0.368. The van der Waals surface area contributed by atoms with Gasteiger partial charge in [0.2, 0.25) is 0 Å². The molecule has 1 aliphatic carbocycles. The molecule has 3 rings (SSSR count). The van der Waals surface area contributed by atoms with E-state index in [1.807, 2.05) is 19.1 Å². The fourth-order valence-corrected chi connectivity index (χ4v) is 4.49. The van der Waals surface area contributed by atoms with Gasteiger partial charge >= 0.3 is 0 Å². The van der Waals surface area contributed by atoms with Crippen LogP contribution < -0.4 is 10.6 Å². The molecule has 0 unspecified atom stereocenters. The molecule has 5 heteroatoms. The molecule has 1 aromatic carbocycles. The first kappa shape index (κ1) is 16.7. The molecule has 1 heterocycles. The van der Waals surface area contributed by atoms with Crippen LogP contribution in [0.4, 0.5) is 5.00 Å². The van der Waals surface area contributed by atoms with Gasteiger partial charge < -0.3 is 10.6 Å². The van der Waals surface area contributed by atoms with Crippen LogP contribution in [0.5, 0.6) is 0 Å². The van der Waals surface area contributed by atoms with Crippen LogP contribution >= 0.6 is 11.3 Å². The zero-order valence-electron chi connectivity index (χ0n) is 14.2. The maximum absolute atomic E-state index is 12.5. The average molecular weight is 342 g/mol. The van der Waals surface area contributed by atoms with Crippen molar-refractivity contribution in [2.75, 3.05) is 12.4 Å². The summed E-state index contributed by atoms with van der Waals surface area (Å²) in [4.78, 5) is 26.1. The number of nitrogens with one attached hydrogen (secondary N) is 2. The standard InChI is InChI=1S/C19H22N2O2S/c1-11-4-7-13(8-5-11)17(22)21-19-16(18(23)20-3)14-9-6-12(2)10-15(14)24-19/h4-5,7-8,12H,6,9-10H2,1-3H3,(H,20,23)(H,21,22)/t12-/m1/s1. The van der Waals surface area contributed by atoms with Gasteiger partial charge in [0.1, 0.15) is 5.00 Å². The van der Waals surface area contributed by atoms with Crippen molar-refractivity contribution in [3.05, 3.63) is 51.4 Å². The van der Waals surface area contributed by atoms with E-state index in [1.54, 1.807) is 30.5 Å². The van der Waals surface area contributed by atoms with Gasteiger partial charge in [0.15, 0.2) is 0 Å². The molecule has 1 atom stereocenters. The van der Waals surface area contributed by atoms with E-state index in [4.69, 9.17) is 0 Å². The van der Waals surface area contributed by atoms with E-state index in [0.717, 1.165) is 30.4 Å². The Balaban J connectivity index is 1.93. The van der Waals surface area contributed by atoms with Crippen molar-refractivity contribution in [2.24, 2.45) is 5.92 Å². The highest BCUT2D eigenvalue weighted by Crippen LogP contribution is 2.39. The number of aryl methyl sites for hydroxylation is 1. The quantitative estimate of drug-likeness (QED) is 0.891. The molecule has 0 spiro atoms. The van der Waals surface area contributed by atoms with Crippen molar-refractivity contribution in [1.29, 1.82) is 0 Å². The van der Waals surface area contributed by atoms with Gasteiger partial charge in [0, 0.05) is 17.5 Å². The van der Waals surface area contributed by atoms with E-state index in [2.05, 4.69) is 17.6 Å². The highest BCUT2D eigenvalue weighted by atomic mass is 32.1. The van der Waals surface area contributed by atoms with E-state index in [9.17, 15) is 9.59 Å². The number of hydrogen-bond donors (Lipinski definition) is 2. The minimum absolute atomic E-state index is 0.124. The van der Waals surface area contributed by atoms with Crippen LogP contribution in [0, 0.1) is 12.8 Å². The van der Waals surface area contributed by atoms with Crippen LogP contribution in [-0.4, -0.2) is 18.9 Å².